The summed E-state index contributed by atoms with van der Waals surface area (Å²) in [4.78, 5) is 13.8. The molecule has 0 bridgehead atoms. The van der Waals surface area contributed by atoms with Gasteiger partial charge < -0.3 is 10.1 Å². The molecular weight excluding hydrogens is 319 g/mol. The van der Waals surface area contributed by atoms with Crippen LogP contribution >= 0.6 is 0 Å². The molecule has 0 spiro atoms. The molecule has 4 nitrogen and oxygen atoms in total. The number of aryl methyl sites for hydroxylation is 1. The maximum atomic E-state index is 13.7. The highest BCUT2D eigenvalue weighted by Crippen LogP contribution is 2.18. The Labute approximate surface area is 148 Å². The van der Waals surface area contributed by atoms with Crippen LogP contribution < -0.4 is 10.1 Å². The van der Waals surface area contributed by atoms with Crippen LogP contribution in [0.2, 0.25) is 0 Å². The summed E-state index contributed by atoms with van der Waals surface area (Å²) >= 11 is 0. The van der Waals surface area contributed by atoms with Crippen LogP contribution in [0.25, 0.3) is 0 Å². The molecule has 0 heterocycles. The van der Waals surface area contributed by atoms with E-state index in [1.807, 2.05) is 30.1 Å². The first-order valence-corrected chi connectivity index (χ1v) is 8.40. The average Bonchev–Trinajstić information content (AvgIpc) is 2.60. The number of nitrogens with zero attached hydrogens (tertiary/aromatic N) is 1. The molecule has 2 aromatic rings. The summed E-state index contributed by atoms with van der Waals surface area (Å²) < 4.78 is 18.6. The van der Waals surface area contributed by atoms with Gasteiger partial charge in [0.1, 0.15) is 0 Å². The number of halogens is 1. The maximum Gasteiger partial charge on any atom is 0.234 e. The topological polar surface area (TPSA) is 41.6 Å². The van der Waals surface area contributed by atoms with Crippen LogP contribution in [0, 0.1) is 5.82 Å². The van der Waals surface area contributed by atoms with Crippen molar-refractivity contribution in [2.75, 3.05) is 27.2 Å². The van der Waals surface area contributed by atoms with E-state index in [1.165, 1.54) is 18.7 Å². The summed E-state index contributed by atoms with van der Waals surface area (Å²) in [5.74, 6) is -0.189. The zero-order valence-electron chi connectivity index (χ0n) is 14.8. The third kappa shape index (κ3) is 6.55. The number of rotatable bonds is 9. The fourth-order valence-corrected chi connectivity index (χ4v) is 2.64. The van der Waals surface area contributed by atoms with Gasteiger partial charge in [-0.3, -0.25) is 9.69 Å². The van der Waals surface area contributed by atoms with Crippen molar-refractivity contribution in [3.05, 3.63) is 65.5 Å². The van der Waals surface area contributed by atoms with Crippen molar-refractivity contribution >= 4 is 5.91 Å². The second-order valence-corrected chi connectivity index (χ2v) is 6.08. The lowest BCUT2D eigenvalue weighted by Crippen LogP contribution is -2.35. The summed E-state index contributed by atoms with van der Waals surface area (Å²) in [6, 6.07) is 15.0. The predicted octanol–water partition coefficient (Wildman–Crippen LogP) is 3.02. The summed E-state index contributed by atoms with van der Waals surface area (Å²) in [7, 11) is 3.28. The lowest BCUT2D eigenvalue weighted by molar-refractivity contribution is -0.122. The number of hydrogen-bond donors (Lipinski definition) is 1. The Morgan fingerprint density at radius 2 is 1.92 bits per heavy atom. The largest absolute Gasteiger partial charge is 0.494 e. The van der Waals surface area contributed by atoms with E-state index < -0.39 is 5.82 Å². The van der Waals surface area contributed by atoms with Gasteiger partial charge in [-0.1, -0.05) is 36.4 Å². The molecule has 0 aliphatic carbocycles. The van der Waals surface area contributed by atoms with Crippen molar-refractivity contribution in [1.29, 1.82) is 0 Å². The molecule has 2 aromatic carbocycles. The summed E-state index contributed by atoms with van der Waals surface area (Å²) in [6.07, 6.45) is 1.85. The van der Waals surface area contributed by atoms with E-state index in [9.17, 15) is 9.18 Å². The lowest BCUT2D eigenvalue weighted by Gasteiger charge is -2.17. The highest BCUT2D eigenvalue weighted by molar-refractivity contribution is 5.77. The zero-order chi connectivity index (χ0) is 18.1. The molecule has 1 amide bonds. The SMILES string of the molecule is COc1ccc(CN(C)CC(=O)NCCCc2ccccc2)cc1F. The van der Waals surface area contributed by atoms with Crippen molar-refractivity contribution in [3.63, 3.8) is 0 Å². The summed E-state index contributed by atoms with van der Waals surface area (Å²) in [5.41, 5.74) is 2.08. The van der Waals surface area contributed by atoms with Crippen LogP contribution in [0.5, 0.6) is 5.75 Å². The molecule has 0 aliphatic rings. The van der Waals surface area contributed by atoms with E-state index in [0.29, 0.717) is 13.1 Å². The number of benzene rings is 2. The zero-order valence-corrected chi connectivity index (χ0v) is 14.8. The Morgan fingerprint density at radius 3 is 2.60 bits per heavy atom. The van der Waals surface area contributed by atoms with Gasteiger partial charge in [0.05, 0.1) is 13.7 Å². The molecule has 1 N–H and O–H groups in total. The fraction of sp³-hybridized carbons (Fsp3) is 0.350. The molecule has 0 atom stereocenters. The minimum atomic E-state index is -0.390. The van der Waals surface area contributed by atoms with Crippen LogP contribution in [-0.2, 0) is 17.8 Å². The van der Waals surface area contributed by atoms with Gasteiger partial charge >= 0.3 is 0 Å². The molecule has 0 saturated heterocycles. The summed E-state index contributed by atoms with van der Waals surface area (Å²) in [6.45, 7) is 1.43. The number of amides is 1. The van der Waals surface area contributed by atoms with Crippen LogP contribution in [-0.4, -0.2) is 38.1 Å². The Bertz CT molecular complexity index is 677. The van der Waals surface area contributed by atoms with Crippen molar-refractivity contribution < 1.29 is 13.9 Å². The first-order valence-electron chi connectivity index (χ1n) is 8.40. The molecular formula is C20H25FN2O2. The third-order valence-corrected chi connectivity index (χ3v) is 3.89. The van der Waals surface area contributed by atoms with Gasteiger partial charge in [0, 0.05) is 13.1 Å². The van der Waals surface area contributed by atoms with E-state index in [0.717, 1.165) is 18.4 Å². The van der Waals surface area contributed by atoms with Crippen LogP contribution in [0.3, 0.4) is 0 Å². The average molecular weight is 344 g/mol. The number of ether oxygens (including phenoxy) is 1. The smallest absolute Gasteiger partial charge is 0.234 e. The normalized spacial score (nSPS) is 10.7. The molecule has 5 heteroatoms. The predicted molar refractivity (Wildman–Crippen MR) is 97.1 cm³/mol. The van der Waals surface area contributed by atoms with Crippen LogP contribution in [0.15, 0.2) is 48.5 Å². The van der Waals surface area contributed by atoms with E-state index >= 15 is 0 Å². The Kier molecular flexibility index (Phi) is 7.41. The molecule has 0 unspecified atom stereocenters. The van der Waals surface area contributed by atoms with Gasteiger partial charge in [-0.15, -0.1) is 0 Å². The number of carbonyl (C=O) groups excluding carboxylic acids is 1. The van der Waals surface area contributed by atoms with E-state index in [1.54, 1.807) is 12.1 Å². The number of hydrogen-bond acceptors (Lipinski definition) is 3. The molecule has 0 aliphatic heterocycles. The maximum absolute atomic E-state index is 13.7. The van der Waals surface area contributed by atoms with Crippen molar-refractivity contribution in [2.45, 2.75) is 19.4 Å². The van der Waals surface area contributed by atoms with Gasteiger partial charge in [-0.25, -0.2) is 4.39 Å². The first-order chi connectivity index (χ1) is 12.1. The molecule has 0 aromatic heterocycles. The highest BCUT2D eigenvalue weighted by atomic mass is 19.1. The van der Waals surface area contributed by atoms with E-state index in [-0.39, 0.29) is 18.2 Å². The van der Waals surface area contributed by atoms with Gasteiger partial charge in [0.2, 0.25) is 5.91 Å². The number of likely N-dealkylation sites (N-methyl/N-ethyl adjacent to an activating group) is 1. The van der Waals surface area contributed by atoms with Crippen molar-refractivity contribution in [3.8, 4) is 5.75 Å². The van der Waals surface area contributed by atoms with Crippen molar-refractivity contribution in [2.24, 2.45) is 0 Å². The van der Waals surface area contributed by atoms with Gasteiger partial charge in [0.15, 0.2) is 11.6 Å². The van der Waals surface area contributed by atoms with Crippen LogP contribution in [0.4, 0.5) is 4.39 Å². The summed E-state index contributed by atoms with van der Waals surface area (Å²) in [5, 5.41) is 2.92. The van der Waals surface area contributed by atoms with Crippen molar-refractivity contribution in [1.82, 2.24) is 10.2 Å². The Balaban J connectivity index is 1.68. The Morgan fingerprint density at radius 1 is 1.16 bits per heavy atom. The number of carbonyl (C=O) groups is 1. The minimum Gasteiger partial charge on any atom is -0.494 e. The third-order valence-electron chi connectivity index (χ3n) is 3.89. The monoisotopic (exact) mass is 344 g/mol. The Hall–Kier alpha value is -2.40. The molecule has 0 saturated carbocycles. The van der Waals surface area contributed by atoms with E-state index in [4.69, 9.17) is 4.74 Å². The molecule has 0 radical (unpaired) electrons. The van der Waals surface area contributed by atoms with Gasteiger partial charge in [-0.05, 0) is 43.1 Å². The minimum absolute atomic E-state index is 0.0236. The second-order valence-electron chi connectivity index (χ2n) is 6.08. The van der Waals surface area contributed by atoms with Crippen LogP contribution in [0.1, 0.15) is 17.5 Å². The van der Waals surface area contributed by atoms with E-state index in [2.05, 4.69) is 17.4 Å². The van der Waals surface area contributed by atoms with Gasteiger partial charge in [0.25, 0.3) is 0 Å². The lowest BCUT2D eigenvalue weighted by atomic mass is 10.1. The molecule has 25 heavy (non-hydrogen) atoms. The van der Waals surface area contributed by atoms with Gasteiger partial charge in [-0.2, -0.15) is 0 Å². The number of methoxy groups -OCH3 is 1. The molecule has 0 fully saturated rings. The molecule has 134 valence electrons. The number of nitrogens with one attached hydrogen (secondary N) is 1. The quantitative estimate of drug-likeness (QED) is 0.711. The molecule has 2 rings (SSSR count). The standard InChI is InChI=1S/C20H25FN2O2/c1-23(14-17-10-11-19(25-2)18(21)13-17)15-20(24)22-12-6-9-16-7-4-3-5-8-16/h3-5,7-8,10-11,13H,6,9,12,14-15H2,1-2H3,(H,22,24). The second kappa shape index (κ2) is 9.79. The highest BCUT2D eigenvalue weighted by Gasteiger charge is 2.09. The first kappa shape index (κ1) is 18.9. The fourth-order valence-electron chi connectivity index (χ4n) is 2.64.